The maximum atomic E-state index is 5.46. The minimum Gasteiger partial charge on any atom is -0.481 e. The lowest BCUT2D eigenvalue weighted by Crippen LogP contribution is -2.40. The Bertz CT molecular complexity index is 591. The molecule has 138 valence electrons. The Morgan fingerprint density at radius 1 is 1.16 bits per heavy atom. The molecule has 25 heavy (non-hydrogen) atoms. The molecular weight excluding hydrogens is 334 g/mol. The number of piperidine rings is 1. The highest BCUT2D eigenvalue weighted by Gasteiger charge is 2.21. The molecule has 1 atom stereocenters. The van der Waals surface area contributed by atoms with Gasteiger partial charge in [0, 0.05) is 24.7 Å². The Balaban J connectivity index is 1.69. The summed E-state index contributed by atoms with van der Waals surface area (Å²) in [6.45, 7) is 3.27. The molecule has 6 nitrogen and oxygen atoms in total. The van der Waals surface area contributed by atoms with Crippen LogP contribution in [0.3, 0.4) is 0 Å². The van der Waals surface area contributed by atoms with Gasteiger partial charge in [-0.3, -0.25) is 0 Å². The smallest absolute Gasteiger partial charge is 0.234 e. The molecule has 1 saturated heterocycles. The number of nitrogens with zero attached hydrogens (tertiary/aromatic N) is 3. The largest absolute Gasteiger partial charge is 0.481 e. The van der Waals surface area contributed by atoms with Gasteiger partial charge in [-0.2, -0.15) is 9.97 Å². The van der Waals surface area contributed by atoms with Gasteiger partial charge in [0.05, 0.1) is 7.11 Å². The van der Waals surface area contributed by atoms with Gasteiger partial charge in [-0.15, -0.1) is 0 Å². The molecule has 2 aliphatic rings. The van der Waals surface area contributed by atoms with Crippen molar-refractivity contribution in [3.63, 3.8) is 0 Å². The van der Waals surface area contributed by atoms with Crippen LogP contribution in [0.1, 0.15) is 58.3 Å². The van der Waals surface area contributed by atoms with E-state index < -0.39 is 0 Å². The van der Waals surface area contributed by atoms with Crippen molar-refractivity contribution in [1.29, 1.82) is 0 Å². The minimum atomic E-state index is 0.459. The highest BCUT2D eigenvalue weighted by molar-refractivity contribution is 7.80. The van der Waals surface area contributed by atoms with Gasteiger partial charge >= 0.3 is 0 Å². The van der Waals surface area contributed by atoms with E-state index in [1.807, 2.05) is 6.07 Å². The quantitative estimate of drug-likeness (QED) is 0.794. The van der Waals surface area contributed by atoms with Crippen LogP contribution in [0, 0.1) is 0 Å². The Hall–Kier alpha value is -1.63. The predicted octanol–water partition coefficient (Wildman–Crippen LogP) is 3.48. The van der Waals surface area contributed by atoms with Crippen molar-refractivity contribution < 1.29 is 4.74 Å². The number of thiocarbonyl (C=S) groups is 1. The summed E-state index contributed by atoms with van der Waals surface area (Å²) in [6.07, 6.45) is 9.89. The fourth-order valence-corrected chi connectivity index (χ4v) is 3.99. The fraction of sp³-hybridized carbons (Fsp3) is 0.722. The summed E-state index contributed by atoms with van der Waals surface area (Å²) < 4.78 is 5.37. The van der Waals surface area contributed by atoms with E-state index in [-0.39, 0.29) is 0 Å². The van der Waals surface area contributed by atoms with Crippen molar-refractivity contribution in [3.05, 3.63) is 6.07 Å². The summed E-state index contributed by atoms with van der Waals surface area (Å²) in [5.41, 5.74) is 0. The normalized spacial score (nSPS) is 21.7. The molecular formula is C18H29N5OS. The maximum Gasteiger partial charge on any atom is 0.234 e. The van der Waals surface area contributed by atoms with Gasteiger partial charge in [0.2, 0.25) is 11.8 Å². The molecule has 0 spiro atoms. The van der Waals surface area contributed by atoms with E-state index in [1.54, 1.807) is 7.11 Å². The number of aromatic nitrogens is 2. The van der Waals surface area contributed by atoms with Crippen molar-refractivity contribution in [1.82, 2.24) is 15.3 Å². The molecule has 1 aromatic rings. The van der Waals surface area contributed by atoms with Crippen molar-refractivity contribution in [2.24, 2.45) is 0 Å². The molecule has 2 N–H and O–H groups in total. The molecule has 1 aromatic heterocycles. The second-order valence-corrected chi connectivity index (χ2v) is 7.47. The Morgan fingerprint density at radius 3 is 2.64 bits per heavy atom. The SMILES string of the molecule is COc1cc(N2CCCC[C@@H]2C)nc(NC(=S)NC2CCCCC2)n1. The standard InChI is InChI=1S/C18H29N5OS/c1-13-8-6-7-11-23(13)15-12-16(24-2)21-17(20-15)22-18(25)19-14-9-4-3-5-10-14/h12-14H,3-11H2,1-2H3,(H2,19,20,21,22,25)/t13-/m0/s1. The lowest BCUT2D eigenvalue weighted by Gasteiger charge is -2.34. The number of methoxy groups -OCH3 is 1. The van der Waals surface area contributed by atoms with E-state index in [1.165, 1.54) is 51.4 Å². The lowest BCUT2D eigenvalue weighted by atomic mass is 9.96. The first-order chi connectivity index (χ1) is 12.2. The Labute approximate surface area is 155 Å². The molecule has 1 saturated carbocycles. The maximum absolute atomic E-state index is 5.46. The van der Waals surface area contributed by atoms with Crippen LogP contribution in [0.2, 0.25) is 0 Å². The van der Waals surface area contributed by atoms with E-state index in [2.05, 4.69) is 32.4 Å². The van der Waals surface area contributed by atoms with Crippen LogP contribution in [-0.4, -0.2) is 40.8 Å². The topological polar surface area (TPSA) is 62.3 Å². The van der Waals surface area contributed by atoms with E-state index in [0.717, 1.165) is 12.4 Å². The summed E-state index contributed by atoms with van der Waals surface area (Å²) in [5, 5.41) is 7.14. The molecule has 2 heterocycles. The van der Waals surface area contributed by atoms with Crippen LogP contribution in [0.25, 0.3) is 0 Å². The number of hydrogen-bond donors (Lipinski definition) is 2. The molecule has 2 fully saturated rings. The monoisotopic (exact) mass is 363 g/mol. The van der Waals surface area contributed by atoms with Gasteiger partial charge < -0.3 is 20.3 Å². The van der Waals surface area contributed by atoms with Gasteiger partial charge in [-0.1, -0.05) is 19.3 Å². The summed E-state index contributed by atoms with van der Waals surface area (Å²) in [5.74, 6) is 1.97. The van der Waals surface area contributed by atoms with Crippen molar-refractivity contribution in [2.45, 2.75) is 70.4 Å². The first-order valence-electron chi connectivity index (χ1n) is 9.43. The van der Waals surface area contributed by atoms with Gasteiger partial charge in [-0.25, -0.2) is 0 Å². The van der Waals surface area contributed by atoms with Gasteiger partial charge in [0.15, 0.2) is 5.11 Å². The van der Waals surface area contributed by atoms with Crippen LogP contribution in [0.4, 0.5) is 11.8 Å². The van der Waals surface area contributed by atoms with Gasteiger partial charge in [0.1, 0.15) is 5.82 Å². The van der Waals surface area contributed by atoms with E-state index in [0.29, 0.717) is 29.0 Å². The third kappa shape index (κ3) is 4.93. The first-order valence-corrected chi connectivity index (χ1v) is 9.84. The number of anilines is 2. The van der Waals surface area contributed by atoms with Crippen LogP contribution in [0.15, 0.2) is 6.07 Å². The molecule has 1 aliphatic carbocycles. The average molecular weight is 364 g/mol. The van der Waals surface area contributed by atoms with Crippen LogP contribution in [0.5, 0.6) is 5.88 Å². The molecule has 0 radical (unpaired) electrons. The van der Waals surface area contributed by atoms with Gasteiger partial charge in [-0.05, 0) is 51.2 Å². The molecule has 0 amide bonds. The average Bonchev–Trinajstić information content (AvgIpc) is 2.62. The summed E-state index contributed by atoms with van der Waals surface area (Å²) in [6, 6.07) is 2.85. The van der Waals surface area contributed by atoms with Crippen LogP contribution < -0.4 is 20.3 Å². The van der Waals surface area contributed by atoms with E-state index in [4.69, 9.17) is 17.0 Å². The summed E-state index contributed by atoms with van der Waals surface area (Å²) in [7, 11) is 1.63. The molecule has 3 rings (SSSR count). The molecule has 1 aliphatic heterocycles. The number of rotatable bonds is 4. The Kier molecular flexibility index (Phi) is 6.29. The lowest BCUT2D eigenvalue weighted by molar-refractivity contribution is 0.396. The number of hydrogen-bond acceptors (Lipinski definition) is 5. The summed E-state index contributed by atoms with van der Waals surface area (Å²) in [4.78, 5) is 11.4. The number of nitrogens with one attached hydrogen (secondary N) is 2. The van der Waals surface area contributed by atoms with Crippen molar-refractivity contribution >= 4 is 29.1 Å². The second-order valence-electron chi connectivity index (χ2n) is 7.06. The summed E-state index contributed by atoms with van der Waals surface area (Å²) >= 11 is 5.46. The van der Waals surface area contributed by atoms with E-state index >= 15 is 0 Å². The van der Waals surface area contributed by atoms with Crippen molar-refractivity contribution in [3.8, 4) is 5.88 Å². The zero-order valence-corrected chi connectivity index (χ0v) is 16.1. The molecule has 0 unspecified atom stereocenters. The zero-order chi connectivity index (χ0) is 17.6. The zero-order valence-electron chi connectivity index (χ0n) is 15.3. The first kappa shape index (κ1) is 18.2. The van der Waals surface area contributed by atoms with Crippen LogP contribution in [-0.2, 0) is 0 Å². The third-order valence-corrected chi connectivity index (χ3v) is 5.38. The van der Waals surface area contributed by atoms with Crippen LogP contribution >= 0.6 is 12.2 Å². The number of ether oxygens (including phenoxy) is 1. The molecule has 0 aromatic carbocycles. The second kappa shape index (κ2) is 8.65. The molecule has 0 bridgehead atoms. The van der Waals surface area contributed by atoms with Crippen molar-refractivity contribution in [2.75, 3.05) is 23.9 Å². The minimum absolute atomic E-state index is 0.459. The fourth-order valence-electron chi connectivity index (χ4n) is 3.73. The highest BCUT2D eigenvalue weighted by Crippen LogP contribution is 2.26. The predicted molar refractivity (Wildman–Crippen MR) is 105 cm³/mol. The van der Waals surface area contributed by atoms with Gasteiger partial charge in [0.25, 0.3) is 0 Å². The third-order valence-electron chi connectivity index (χ3n) is 5.16. The van der Waals surface area contributed by atoms with E-state index in [9.17, 15) is 0 Å². The Morgan fingerprint density at radius 2 is 1.92 bits per heavy atom. The highest BCUT2D eigenvalue weighted by atomic mass is 32.1. The molecule has 7 heteroatoms.